The molecule has 1 atom stereocenters. The van der Waals surface area contributed by atoms with Gasteiger partial charge in [-0.3, -0.25) is 9.59 Å². The van der Waals surface area contributed by atoms with E-state index in [-0.39, 0.29) is 28.4 Å². The van der Waals surface area contributed by atoms with Crippen molar-refractivity contribution in [3.63, 3.8) is 0 Å². The van der Waals surface area contributed by atoms with Gasteiger partial charge in [0.2, 0.25) is 21.8 Å². The number of morpholine rings is 1. The first-order valence-corrected chi connectivity index (χ1v) is 13.3. The Morgan fingerprint density at radius 3 is 2.39 bits per heavy atom. The Balaban J connectivity index is 1.41. The van der Waals surface area contributed by atoms with Crippen LogP contribution in [0.3, 0.4) is 0 Å². The summed E-state index contributed by atoms with van der Waals surface area (Å²) in [5.41, 5.74) is 1.00. The van der Waals surface area contributed by atoms with Crippen LogP contribution in [-0.2, 0) is 24.3 Å². The second-order valence-electron chi connectivity index (χ2n) is 8.00. The average molecular weight is 470 g/mol. The van der Waals surface area contributed by atoms with Crippen LogP contribution in [0, 0.1) is 12.8 Å². The van der Waals surface area contributed by atoms with Crippen molar-refractivity contribution in [1.82, 2.24) is 14.5 Å². The molecule has 31 heavy (non-hydrogen) atoms. The number of carbonyl (C=O) groups is 2. The molecule has 2 aliphatic rings. The lowest BCUT2D eigenvalue weighted by Crippen LogP contribution is -2.44. The molecule has 0 spiro atoms. The van der Waals surface area contributed by atoms with E-state index in [4.69, 9.17) is 4.74 Å². The van der Waals surface area contributed by atoms with Crippen molar-refractivity contribution >= 4 is 33.6 Å². The molecular weight excluding hydrogens is 438 g/mol. The minimum atomic E-state index is -3.56. The molecule has 1 unspecified atom stereocenters. The van der Waals surface area contributed by atoms with Gasteiger partial charge in [-0.05, 0) is 37.8 Å². The standard InChI is InChI=1S/C21H31N3O5S2/c1-17-4-6-19(7-5-17)31(27,28)22-13-18-3-2-8-24(14-18)21(26)16-30-15-20(25)23-9-11-29-12-10-23/h4-7,18,22H,2-3,8-16H2,1H3. The van der Waals surface area contributed by atoms with E-state index in [0.29, 0.717) is 51.7 Å². The van der Waals surface area contributed by atoms with Gasteiger partial charge in [-0.15, -0.1) is 11.8 Å². The zero-order chi connectivity index (χ0) is 22.3. The molecule has 2 fully saturated rings. The maximum atomic E-state index is 12.6. The molecule has 0 saturated carbocycles. The summed E-state index contributed by atoms with van der Waals surface area (Å²) in [6.07, 6.45) is 1.73. The van der Waals surface area contributed by atoms with Crippen molar-refractivity contribution in [3.8, 4) is 0 Å². The van der Waals surface area contributed by atoms with Crippen LogP contribution < -0.4 is 4.72 Å². The number of ether oxygens (including phenoxy) is 1. The third kappa shape index (κ3) is 7.20. The molecule has 0 aliphatic carbocycles. The molecule has 0 aromatic heterocycles. The second kappa shape index (κ2) is 11.3. The van der Waals surface area contributed by atoms with Crippen molar-refractivity contribution in [3.05, 3.63) is 29.8 Å². The van der Waals surface area contributed by atoms with Gasteiger partial charge in [-0.2, -0.15) is 0 Å². The van der Waals surface area contributed by atoms with E-state index >= 15 is 0 Å². The minimum Gasteiger partial charge on any atom is -0.378 e. The topological polar surface area (TPSA) is 96.0 Å². The van der Waals surface area contributed by atoms with Gasteiger partial charge in [0, 0.05) is 32.7 Å². The van der Waals surface area contributed by atoms with Crippen LogP contribution in [0.25, 0.3) is 0 Å². The van der Waals surface area contributed by atoms with Crippen LogP contribution >= 0.6 is 11.8 Å². The first kappa shape index (κ1) is 24.0. The first-order valence-electron chi connectivity index (χ1n) is 10.6. The smallest absolute Gasteiger partial charge is 0.240 e. The van der Waals surface area contributed by atoms with E-state index in [9.17, 15) is 18.0 Å². The number of piperidine rings is 1. The number of nitrogens with zero attached hydrogens (tertiary/aromatic N) is 2. The zero-order valence-corrected chi connectivity index (χ0v) is 19.6. The Hall–Kier alpha value is -1.62. The Morgan fingerprint density at radius 2 is 1.71 bits per heavy atom. The lowest BCUT2D eigenvalue weighted by Gasteiger charge is -2.33. The summed E-state index contributed by atoms with van der Waals surface area (Å²) in [6.45, 7) is 5.79. The van der Waals surface area contributed by atoms with Gasteiger partial charge in [-0.25, -0.2) is 13.1 Å². The molecule has 0 radical (unpaired) electrons. The molecule has 1 aromatic carbocycles. The van der Waals surface area contributed by atoms with Crippen LogP contribution in [0.5, 0.6) is 0 Å². The molecule has 8 nitrogen and oxygen atoms in total. The highest BCUT2D eigenvalue weighted by Gasteiger charge is 2.26. The minimum absolute atomic E-state index is 0.00543. The van der Waals surface area contributed by atoms with E-state index in [0.717, 1.165) is 18.4 Å². The van der Waals surface area contributed by atoms with Crippen molar-refractivity contribution < 1.29 is 22.7 Å². The SMILES string of the molecule is Cc1ccc(S(=O)(=O)NCC2CCCN(C(=O)CSCC(=O)N3CCOCC3)C2)cc1. The fraction of sp³-hybridized carbons (Fsp3) is 0.619. The van der Waals surface area contributed by atoms with E-state index < -0.39 is 10.0 Å². The van der Waals surface area contributed by atoms with Gasteiger partial charge in [0.05, 0.1) is 29.6 Å². The molecule has 1 aromatic rings. The second-order valence-corrected chi connectivity index (χ2v) is 10.8. The summed E-state index contributed by atoms with van der Waals surface area (Å²) in [6, 6.07) is 6.75. The molecule has 10 heteroatoms. The molecule has 2 saturated heterocycles. The van der Waals surface area contributed by atoms with Crippen molar-refractivity contribution in [2.24, 2.45) is 5.92 Å². The van der Waals surface area contributed by atoms with Gasteiger partial charge in [-0.1, -0.05) is 17.7 Å². The number of thioether (sulfide) groups is 1. The van der Waals surface area contributed by atoms with Gasteiger partial charge in [0.25, 0.3) is 0 Å². The van der Waals surface area contributed by atoms with Gasteiger partial charge in [0.15, 0.2) is 0 Å². The van der Waals surface area contributed by atoms with Crippen molar-refractivity contribution in [1.29, 1.82) is 0 Å². The van der Waals surface area contributed by atoms with Crippen LogP contribution in [0.2, 0.25) is 0 Å². The number of hydrogen-bond acceptors (Lipinski definition) is 6. The number of benzene rings is 1. The monoisotopic (exact) mass is 469 g/mol. The van der Waals surface area contributed by atoms with Gasteiger partial charge < -0.3 is 14.5 Å². The largest absolute Gasteiger partial charge is 0.378 e. The summed E-state index contributed by atoms with van der Waals surface area (Å²) < 4.78 is 32.9. The van der Waals surface area contributed by atoms with Crippen LogP contribution in [0.4, 0.5) is 0 Å². The van der Waals surface area contributed by atoms with Gasteiger partial charge in [0.1, 0.15) is 0 Å². The Morgan fingerprint density at radius 1 is 1.06 bits per heavy atom. The van der Waals surface area contributed by atoms with Gasteiger partial charge >= 0.3 is 0 Å². The number of rotatable bonds is 8. The normalized spacial score (nSPS) is 20.0. The Labute approximate surface area is 188 Å². The molecule has 1 N–H and O–H groups in total. The molecule has 2 aliphatic heterocycles. The third-order valence-corrected chi connectivity index (χ3v) is 7.92. The quantitative estimate of drug-likeness (QED) is 0.613. The summed E-state index contributed by atoms with van der Waals surface area (Å²) >= 11 is 1.34. The van der Waals surface area contributed by atoms with Crippen molar-refractivity contribution in [2.45, 2.75) is 24.7 Å². The van der Waals surface area contributed by atoms with E-state index in [1.165, 1.54) is 11.8 Å². The van der Waals surface area contributed by atoms with E-state index in [2.05, 4.69) is 4.72 Å². The third-order valence-electron chi connectivity index (χ3n) is 5.58. The molecule has 0 bridgehead atoms. The highest BCUT2D eigenvalue weighted by Crippen LogP contribution is 2.18. The molecule has 172 valence electrons. The summed E-state index contributed by atoms with van der Waals surface area (Å²) in [4.78, 5) is 28.6. The lowest BCUT2D eigenvalue weighted by atomic mass is 9.98. The highest BCUT2D eigenvalue weighted by atomic mass is 32.2. The van der Waals surface area contributed by atoms with Crippen molar-refractivity contribution in [2.75, 3.05) is 57.4 Å². The number of sulfonamides is 1. The van der Waals surface area contributed by atoms with E-state index in [1.54, 1.807) is 34.1 Å². The fourth-order valence-corrected chi connectivity index (χ4v) is 5.64. The van der Waals surface area contributed by atoms with E-state index in [1.807, 2.05) is 6.92 Å². The zero-order valence-electron chi connectivity index (χ0n) is 17.9. The van der Waals surface area contributed by atoms with Crippen LogP contribution in [-0.4, -0.2) is 87.5 Å². The molecular formula is C21H31N3O5S2. The fourth-order valence-electron chi connectivity index (χ4n) is 3.71. The predicted molar refractivity (Wildman–Crippen MR) is 120 cm³/mol. The maximum Gasteiger partial charge on any atom is 0.240 e. The molecule has 3 rings (SSSR count). The van der Waals surface area contributed by atoms with Crippen LogP contribution in [0.1, 0.15) is 18.4 Å². The summed E-state index contributed by atoms with van der Waals surface area (Å²) in [7, 11) is -3.56. The first-order chi connectivity index (χ1) is 14.8. The Bertz CT molecular complexity index is 854. The molecule has 2 heterocycles. The summed E-state index contributed by atoms with van der Waals surface area (Å²) in [5, 5.41) is 0. The predicted octanol–water partition coefficient (Wildman–Crippen LogP) is 1.10. The average Bonchev–Trinajstić information content (AvgIpc) is 2.78. The number of likely N-dealkylation sites (tertiary alicyclic amines) is 1. The molecule has 2 amide bonds. The lowest BCUT2D eigenvalue weighted by molar-refractivity contribution is -0.132. The number of nitrogens with one attached hydrogen (secondary N) is 1. The number of carbonyl (C=O) groups excluding carboxylic acids is 2. The summed E-state index contributed by atoms with van der Waals surface area (Å²) in [5.74, 6) is 0.684. The maximum absolute atomic E-state index is 12.6. The number of aryl methyl sites for hydroxylation is 1. The van der Waals surface area contributed by atoms with Crippen LogP contribution in [0.15, 0.2) is 29.2 Å². The Kier molecular flexibility index (Phi) is 8.76. The highest BCUT2D eigenvalue weighted by molar-refractivity contribution is 8.00. The number of amides is 2. The number of hydrogen-bond donors (Lipinski definition) is 1.